The third kappa shape index (κ3) is 3.41. The van der Waals surface area contributed by atoms with Gasteiger partial charge in [0.2, 0.25) is 6.79 Å². The first kappa shape index (κ1) is 16.2. The lowest BCUT2D eigenvalue weighted by atomic mass is 10.0. The molecule has 2 aliphatic rings. The van der Waals surface area contributed by atoms with Gasteiger partial charge < -0.3 is 14.8 Å². The number of hydrogen-bond donors (Lipinski definition) is 1. The van der Waals surface area contributed by atoms with Gasteiger partial charge >= 0.3 is 0 Å². The largest absolute Gasteiger partial charge is 0.454 e. The van der Waals surface area contributed by atoms with Gasteiger partial charge in [-0.25, -0.2) is 0 Å². The molecule has 0 radical (unpaired) electrons. The summed E-state index contributed by atoms with van der Waals surface area (Å²) in [4.78, 5) is 11.0. The lowest BCUT2D eigenvalue weighted by molar-refractivity contribution is -0.385. The van der Waals surface area contributed by atoms with Crippen LogP contribution in [0.3, 0.4) is 0 Å². The average Bonchev–Trinajstić information content (AvgIpc) is 3.33. The summed E-state index contributed by atoms with van der Waals surface area (Å²) in [5, 5.41) is 15.6. The van der Waals surface area contributed by atoms with Crippen molar-refractivity contribution < 1.29 is 14.4 Å². The van der Waals surface area contributed by atoms with E-state index in [0.717, 1.165) is 18.4 Å². The maximum absolute atomic E-state index is 11.4. The number of nitro benzene ring substituents is 1. The number of ether oxygens (including phenoxy) is 2. The normalized spacial score (nSPS) is 16.7. The highest BCUT2D eigenvalue weighted by Crippen LogP contribution is 2.42. The van der Waals surface area contributed by atoms with Gasteiger partial charge in [0.1, 0.15) is 0 Å². The number of halogens is 1. The number of fused-ring (bicyclic) bond motifs is 1. The van der Waals surface area contributed by atoms with Crippen molar-refractivity contribution >= 4 is 17.3 Å². The van der Waals surface area contributed by atoms with Crippen LogP contribution in [0.1, 0.15) is 30.0 Å². The summed E-state index contributed by atoms with van der Waals surface area (Å²) in [6.07, 6.45) is 2.31. The van der Waals surface area contributed by atoms with E-state index < -0.39 is 0 Å². The number of rotatable bonds is 6. The Balaban J connectivity index is 1.57. The van der Waals surface area contributed by atoms with E-state index in [1.165, 1.54) is 6.07 Å². The second kappa shape index (κ2) is 6.54. The highest BCUT2D eigenvalue weighted by atomic mass is 35.5. The maximum atomic E-state index is 11.4. The molecule has 6 nitrogen and oxygen atoms in total. The standard InChI is InChI=1S/C18H17ClN2O4/c19-14-5-3-12(4-6-14)18(11-1-2-11)20-9-13-7-16-17(25-10-24-16)8-15(13)21(22)23/h3-8,11,18,20H,1-2,9-10H2/t18-/m0/s1. The fraction of sp³-hybridized carbons (Fsp3) is 0.333. The summed E-state index contributed by atoms with van der Waals surface area (Å²) in [6.45, 7) is 0.482. The summed E-state index contributed by atoms with van der Waals surface area (Å²) < 4.78 is 10.6. The van der Waals surface area contributed by atoms with Crippen molar-refractivity contribution in [1.29, 1.82) is 0 Å². The van der Waals surface area contributed by atoms with Crippen LogP contribution in [0.15, 0.2) is 36.4 Å². The highest BCUT2D eigenvalue weighted by Gasteiger charge is 2.32. The Morgan fingerprint density at radius 1 is 1.20 bits per heavy atom. The first-order valence-corrected chi connectivity index (χ1v) is 8.55. The molecule has 1 atom stereocenters. The van der Waals surface area contributed by atoms with Crippen LogP contribution < -0.4 is 14.8 Å². The summed E-state index contributed by atoms with van der Waals surface area (Å²) in [7, 11) is 0. The summed E-state index contributed by atoms with van der Waals surface area (Å²) in [6, 6.07) is 11.0. The molecule has 25 heavy (non-hydrogen) atoms. The molecule has 0 saturated heterocycles. The van der Waals surface area contributed by atoms with Gasteiger partial charge in [0, 0.05) is 23.2 Å². The number of benzene rings is 2. The molecule has 1 fully saturated rings. The second-order valence-corrected chi connectivity index (χ2v) is 6.78. The lowest BCUT2D eigenvalue weighted by Gasteiger charge is -2.19. The topological polar surface area (TPSA) is 73.6 Å². The van der Waals surface area contributed by atoms with E-state index in [4.69, 9.17) is 21.1 Å². The highest BCUT2D eigenvalue weighted by molar-refractivity contribution is 6.30. The van der Waals surface area contributed by atoms with E-state index in [2.05, 4.69) is 5.32 Å². The zero-order valence-corrected chi connectivity index (χ0v) is 14.2. The maximum Gasteiger partial charge on any atom is 0.277 e. The Kier molecular flexibility index (Phi) is 4.23. The Labute approximate surface area is 149 Å². The van der Waals surface area contributed by atoms with Gasteiger partial charge in [-0.05, 0) is 42.5 Å². The van der Waals surface area contributed by atoms with Crippen LogP contribution in [0.5, 0.6) is 11.5 Å². The number of nitrogens with one attached hydrogen (secondary N) is 1. The molecule has 2 aromatic rings. The fourth-order valence-corrected chi connectivity index (χ4v) is 3.29. The van der Waals surface area contributed by atoms with Crippen molar-refractivity contribution in [3.05, 3.63) is 62.7 Å². The first-order chi connectivity index (χ1) is 12.1. The van der Waals surface area contributed by atoms with Crippen molar-refractivity contribution in [3.8, 4) is 11.5 Å². The van der Waals surface area contributed by atoms with E-state index in [9.17, 15) is 10.1 Å². The van der Waals surface area contributed by atoms with Crippen LogP contribution >= 0.6 is 11.6 Å². The van der Waals surface area contributed by atoms with Gasteiger partial charge in [0.05, 0.1) is 11.0 Å². The van der Waals surface area contributed by atoms with E-state index in [0.29, 0.717) is 34.5 Å². The molecule has 0 amide bonds. The quantitative estimate of drug-likeness (QED) is 0.616. The Morgan fingerprint density at radius 2 is 1.88 bits per heavy atom. The van der Waals surface area contributed by atoms with E-state index >= 15 is 0 Å². The predicted molar refractivity (Wildman–Crippen MR) is 93.0 cm³/mol. The van der Waals surface area contributed by atoms with Crippen LogP contribution in [0.4, 0.5) is 5.69 Å². The van der Waals surface area contributed by atoms with Gasteiger partial charge in [-0.3, -0.25) is 10.1 Å². The Hall–Kier alpha value is -2.31. The van der Waals surface area contributed by atoms with Crippen LogP contribution in [-0.2, 0) is 6.54 Å². The molecule has 0 bridgehead atoms. The van der Waals surface area contributed by atoms with Crippen molar-refractivity contribution in [1.82, 2.24) is 5.32 Å². The molecule has 0 spiro atoms. The lowest BCUT2D eigenvalue weighted by Crippen LogP contribution is -2.23. The minimum Gasteiger partial charge on any atom is -0.454 e. The van der Waals surface area contributed by atoms with Gasteiger partial charge in [-0.2, -0.15) is 0 Å². The second-order valence-electron chi connectivity index (χ2n) is 6.34. The van der Waals surface area contributed by atoms with Crippen molar-refractivity contribution in [2.45, 2.75) is 25.4 Å². The van der Waals surface area contributed by atoms with Crippen LogP contribution in [0, 0.1) is 16.0 Å². The smallest absolute Gasteiger partial charge is 0.277 e. The molecular formula is C18H17ClN2O4. The molecular weight excluding hydrogens is 344 g/mol. The molecule has 1 saturated carbocycles. The summed E-state index contributed by atoms with van der Waals surface area (Å²) >= 11 is 5.97. The SMILES string of the molecule is O=[N+]([O-])c1cc2c(cc1CN[C@H](c1ccc(Cl)cc1)C1CC1)OCO2. The predicted octanol–water partition coefficient (Wildman–Crippen LogP) is 4.22. The van der Waals surface area contributed by atoms with Crippen molar-refractivity contribution in [2.75, 3.05) is 6.79 Å². The first-order valence-electron chi connectivity index (χ1n) is 8.17. The molecule has 1 aliphatic heterocycles. The van der Waals surface area contributed by atoms with Gasteiger partial charge in [-0.15, -0.1) is 0 Å². The molecule has 130 valence electrons. The molecule has 1 N–H and O–H groups in total. The van der Waals surface area contributed by atoms with Crippen LogP contribution in [0.2, 0.25) is 5.02 Å². The van der Waals surface area contributed by atoms with Crippen molar-refractivity contribution in [2.24, 2.45) is 5.92 Å². The monoisotopic (exact) mass is 360 g/mol. The zero-order chi connectivity index (χ0) is 17.4. The number of nitro groups is 1. The van der Waals surface area contributed by atoms with Gasteiger partial charge in [-0.1, -0.05) is 23.7 Å². The van der Waals surface area contributed by atoms with Gasteiger partial charge in [0.15, 0.2) is 11.5 Å². The Morgan fingerprint density at radius 3 is 2.52 bits per heavy atom. The molecule has 1 aliphatic carbocycles. The zero-order valence-electron chi connectivity index (χ0n) is 13.4. The van der Waals surface area contributed by atoms with E-state index in [1.807, 2.05) is 24.3 Å². The van der Waals surface area contributed by atoms with Crippen LogP contribution in [0.25, 0.3) is 0 Å². The summed E-state index contributed by atoms with van der Waals surface area (Å²) in [5.41, 5.74) is 1.78. The molecule has 0 unspecified atom stereocenters. The average molecular weight is 361 g/mol. The summed E-state index contributed by atoms with van der Waals surface area (Å²) in [5.74, 6) is 1.53. The van der Waals surface area contributed by atoms with Crippen LogP contribution in [-0.4, -0.2) is 11.7 Å². The van der Waals surface area contributed by atoms with E-state index in [-0.39, 0.29) is 23.4 Å². The molecule has 1 heterocycles. The molecule has 7 heteroatoms. The van der Waals surface area contributed by atoms with E-state index in [1.54, 1.807) is 6.07 Å². The third-order valence-corrected chi connectivity index (χ3v) is 4.86. The number of nitrogens with zero attached hydrogens (tertiary/aromatic N) is 1. The van der Waals surface area contributed by atoms with Gasteiger partial charge in [0.25, 0.3) is 5.69 Å². The minimum atomic E-state index is -0.382. The number of hydrogen-bond acceptors (Lipinski definition) is 5. The third-order valence-electron chi connectivity index (χ3n) is 4.61. The minimum absolute atomic E-state index is 0.0439. The fourth-order valence-electron chi connectivity index (χ4n) is 3.16. The Bertz CT molecular complexity index is 805. The molecule has 0 aromatic heterocycles. The van der Waals surface area contributed by atoms with Crippen molar-refractivity contribution in [3.63, 3.8) is 0 Å². The molecule has 2 aromatic carbocycles. The molecule has 4 rings (SSSR count).